The van der Waals surface area contributed by atoms with Crippen molar-refractivity contribution in [3.05, 3.63) is 23.9 Å². The van der Waals surface area contributed by atoms with Crippen LogP contribution in [0.3, 0.4) is 0 Å². The molecule has 1 atom stereocenters. The summed E-state index contributed by atoms with van der Waals surface area (Å²) in [6.45, 7) is 3.84. The molecule has 0 radical (unpaired) electrons. The van der Waals surface area contributed by atoms with Crippen molar-refractivity contribution in [3.8, 4) is 0 Å². The minimum absolute atomic E-state index is 0.188. The fourth-order valence-corrected chi connectivity index (χ4v) is 1.58. The van der Waals surface area contributed by atoms with E-state index in [4.69, 9.17) is 10.8 Å². The molecule has 1 rings (SSSR count). The zero-order valence-electron chi connectivity index (χ0n) is 10.4. The molecule has 98 valence electrons. The maximum absolute atomic E-state index is 11.2. The number of aromatic nitrogens is 1. The van der Waals surface area contributed by atoms with Crippen molar-refractivity contribution < 1.29 is 14.7 Å². The minimum Gasteiger partial charge on any atom is -0.480 e. The topological polar surface area (TPSA) is 105 Å². The van der Waals surface area contributed by atoms with Crippen LogP contribution in [0.1, 0.15) is 30.6 Å². The lowest BCUT2D eigenvalue weighted by Gasteiger charge is -2.18. The lowest BCUT2D eigenvalue weighted by Crippen LogP contribution is -2.32. The highest BCUT2D eigenvalue weighted by Gasteiger charge is 2.21. The molecule has 6 nitrogen and oxygen atoms in total. The number of aliphatic carboxylic acids is 1. The summed E-state index contributed by atoms with van der Waals surface area (Å²) in [5.41, 5.74) is 5.39. The van der Waals surface area contributed by atoms with Crippen LogP contribution in [0, 0.1) is 5.92 Å². The van der Waals surface area contributed by atoms with Gasteiger partial charge in [0.25, 0.3) is 5.91 Å². The molecular formula is C12H17N3O3. The average molecular weight is 251 g/mol. The lowest BCUT2D eigenvalue weighted by molar-refractivity contribution is -0.138. The van der Waals surface area contributed by atoms with Gasteiger partial charge in [0, 0.05) is 6.20 Å². The van der Waals surface area contributed by atoms with Crippen molar-refractivity contribution in [1.29, 1.82) is 0 Å². The number of carbonyl (C=O) groups excluding carboxylic acids is 1. The van der Waals surface area contributed by atoms with Gasteiger partial charge in [0.2, 0.25) is 0 Å². The molecular weight excluding hydrogens is 234 g/mol. The molecule has 0 aliphatic rings. The minimum atomic E-state index is -0.982. The number of rotatable bonds is 6. The highest BCUT2D eigenvalue weighted by atomic mass is 16.4. The average Bonchev–Trinajstić information content (AvgIpc) is 2.27. The number of nitrogens with zero attached hydrogens (tertiary/aromatic N) is 1. The number of pyridine rings is 1. The van der Waals surface area contributed by atoms with Crippen molar-refractivity contribution in [2.24, 2.45) is 11.7 Å². The van der Waals surface area contributed by atoms with E-state index in [-0.39, 0.29) is 17.3 Å². The van der Waals surface area contributed by atoms with E-state index in [2.05, 4.69) is 10.3 Å². The molecule has 1 aromatic heterocycles. The van der Waals surface area contributed by atoms with Gasteiger partial charge >= 0.3 is 5.97 Å². The smallest absolute Gasteiger partial charge is 0.326 e. The van der Waals surface area contributed by atoms with Crippen LogP contribution in [0.2, 0.25) is 0 Å². The normalized spacial score (nSPS) is 12.2. The standard InChI is InChI=1S/C12H17N3O3/c1-7(2)6-9(12(17)18)15-11-8(10(13)16)4-3-5-14-11/h3-5,7,9H,6H2,1-2H3,(H2,13,16)(H,14,15)(H,17,18). The van der Waals surface area contributed by atoms with Gasteiger partial charge in [-0.15, -0.1) is 0 Å². The van der Waals surface area contributed by atoms with E-state index in [1.165, 1.54) is 12.3 Å². The number of nitrogens with two attached hydrogens (primary N) is 1. The Bertz CT molecular complexity index is 446. The number of primary amides is 1. The Morgan fingerprint density at radius 1 is 1.50 bits per heavy atom. The van der Waals surface area contributed by atoms with Gasteiger partial charge in [-0.1, -0.05) is 13.8 Å². The molecule has 0 saturated heterocycles. The van der Waals surface area contributed by atoms with Crippen molar-refractivity contribution >= 4 is 17.7 Å². The fourth-order valence-electron chi connectivity index (χ4n) is 1.58. The second-order valence-corrected chi connectivity index (χ2v) is 4.43. The molecule has 0 spiro atoms. The molecule has 0 aliphatic carbocycles. The number of nitrogens with one attached hydrogen (secondary N) is 1. The molecule has 1 heterocycles. The zero-order valence-corrected chi connectivity index (χ0v) is 10.4. The molecule has 0 saturated carbocycles. The summed E-state index contributed by atoms with van der Waals surface area (Å²) in [6, 6.07) is 2.29. The Morgan fingerprint density at radius 3 is 2.67 bits per heavy atom. The molecule has 4 N–H and O–H groups in total. The van der Waals surface area contributed by atoms with Crippen LogP contribution < -0.4 is 11.1 Å². The number of carboxylic acid groups (broad SMARTS) is 1. The van der Waals surface area contributed by atoms with E-state index in [0.29, 0.717) is 6.42 Å². The summed E-state index contributed by atoms with van der Waals surface area (Å²) in [4.78, 5) is 26.3. The van der Waals surface area contributed by atoms with E-state index >= 15 is 0 Å². The van der Waals surface area contributed by atoms with Crippen LogP contribution in [-0.4, -0.2) is 28.0 Å². The molecule has 0 aromatic carbocycles. The summed E-state index contributed by atoms with van der Waals surface area (Å²) < 4.78 is 0. The van der Waals surface area contributed by atoms with Gasteiger partial charge in [-0.3, -0.25) is 4.79 Å². The third kappa shape index (κ3) is 3.73. The van der Waals surface area contributed by atoms with E-state index in [1.807, 2.05) is 13.8 Å². The number of hydrogen-bond acceptors (Lipinski definition) is 4. The van der Waals surface area contributed by atoms with E-state index < -0.39 is 17.9 Å². The highest BCUT2D eigenvalue weighted by molar-refractivity contribution is 5.98. The zero-order chi connectivity index (χ0) is 13.7. The van der Waals surface area contributed by atoms with Gasteiger partial charge < -0.3 is 16.2 Å². The summed E-state index contributed by atoms with van der Waals surface area (Å²) >= 11 is 0. The quantitative estimate of drug-likeness (QED) is 0.701. The molecule has 1 unspecified atom stereocenters. The molecule has 18 heavy (non-hydrogen) atoms. The second kappa shape index (κ2) is 6.00. The maximum atomic E-state index is 11.2. The Hall–Kier alpha value is -2.11. The van der Waals surface area contributed by atoms with Gasteiger partial charge in [-0.2, -0.15) is 0 Å². The Balaban J connectivity index is 2.93. The monoisotopic (exact) mass is 251 g/mol. The number of carboxylic acids is 1. The molecule has 1 aromatic rings. The van der Waals surface area contributed by atoms with Crippen LogP contribution in [-0.2, 0) is 4.79 Å². The van der Waals surface area contributed by atoms with Crippen molar-refractivity contribution in [1.82, 2.24) is 4.98 Å². The Labute approximate surface area is 105 Å². The van der Waals surface area contributed by atoms with Gasteiger partial charge in [0.1, 0.15) is 11.9 Å². The third-order valence-corrected chi connectivity index (χ3v) is 2.39. The van der Waals surface area contributed by atoms with Crippen molar-refractivity contribution in [2.45, 2.75) is 26.3 Å². The molecule has 1 amide bonds. The van der Waals surface area contributed by atoms with Crippen LogP contribution in [0.15, 0.2) is 18.3 Å². The number of anilines is 1. The van der Waals surface area contributed by atoms with Crippen molar-refractivity contribution in [3.63, 3.8) is 0 Å². The molecule has 6 heteroatoms. The first-order chi connectivity index (χ1) is 8.41. The SMILES string of the molecule is CC(C)CC(Nc1ncccc1C(N)=O)C(=O)O. The Kier molecular flexibility index (Phi) is 4.65. The predicted molar refractivity (Wildman–Crippen MR) is 67.3 cm³/mol. The summed E-state index contributed by atoms with van der Waals surface area (Å²) in [6.07, 6.45) is 1.91. The Morgan fingerprint density at radius 2 is 2.17 bits per heavy atom. The molecule has 0 fully saturated rings. The lowest BCUT2D eigenvalue weighted by atomic mass is 10.0. The maximum Gasteiger partial charge on any atom is 0.326 e. The first kappa shape index (κ1) is 14.0. The number of amides is 1. The number of hydrogen-bond donors (Lipinski definition) is 3. The third-order valence-electron chi connectivity index (χ3n) is 2.39. The number of carbonyl (C=O) groups is 2. The fraction of sp³-hybridized carbons (Fsp3) is 0.417. The largest absolute Gasteiger partial charge is 0.480 e. The predicted octanol–water partition coefficient (Wildman–Crippen LogP) is 1.09. The summed E-state index contributed by atoms with van der Waals surface area (Å²) in [5, 5.41) is 11.9. The highest BCUT2D eigenvalue weighted by Crippen LogP contribution is 2.15. The van der Waals surface area contributed by atoms with Crippen LogP contribution >= 0.6 is 0 Å². The van der Waals surface area contributed by atoms with Gasteiger partial charge in [-0.05, 0) is 24.5 Å². The first-order valence-electron chi connectivity index (χ1n) is 5.66. The van der Waals surface area contributed by atoms with Gasteiger partial charge in [0.15, 0.2) is 0 Å². The van der Waals surface area contributed by atoms with Crippen LogP contribution in [0.25, 0.3) is 0 Å². The van der Waals surface area contributed by atoms with E-state index in [9.17, 15) is 9.59 Å². The van der Waals surface area contributed by atoms with E-state index in [1.54, 1.807) is 6.07 Å². The summed E-state index contributed by atoms with van der Waals surface area (Å²) in [5.74, 6) is -1.21. The van der Waals surface area contributed by atoms with Crippen molar-refractivity contribution in [2.75, 3.05) is 5.32 Å². The van der Waals surface area contributed by atoms with Gasteiger partial charge in [0.05, 0.1) is 5.56 Å². The second-order valence-electron chi connectivity index (χ2n) is 4.43. The molecule has 0 aliphatic heterocycles. The van der Waals surface area contributed by atoms with E-state index in [0.717, 1.165) is 0 Å². The van der Waals surface area contributed by atoms with Gasteiger partial charge in [-0.25, -0.2) is 9.78 Å². The molecule has 0 bridgehead atoms. The van der Waals surface area contributed by atoms with Crippen LogP contribution in [0.5, 0.6) is 0 Å². The summed E-state index contributed by atoms with van der Waals surface area (Å²) in [7, 11) is 0. The first-order valence-corrected chi connectivity index (χ1v) is 5.66. The van der Waals surface area contributed by atoms with Crippen LogP contribution in [0.4, 0.5) is 5.82 Å².